The highest BCUT2D eigenvalue weighted by Gasteiger charge is 2.13. The number of anilines is 1. The highest BCUT2D eigenvalue weighted by molar-refractivity contribution is 6.33. The molecule has 144 valence electrons. The van der Waals surface area contributed by atoms with Crippen LogP contribution in [0.3, 0.4) is 0 Å². The van der Waals surface area contributed by atoms with Crippen molar-refractivity contribution in [3.63, 3.8) is 0 Å². The van der Waals surface area contributed by atoms with Crippen LogP contribution in [0.1, 0.15) is 16.1 Å². The molecular weight excluding hydrogens is 399 g/mol. The average molecular weight is 410 g/mol. The number of nitrogens with one attached hydrogen (secondary N) is 1. The molecule has 6 nitrogen and oxygen atoms in total. The molecule has 0 spiro atoms. The van der Waals surface area contributed by atoms with E-state index in [0.717, 1.165) is 0 Å². The summed E-state index contributed by atoms with van der Waals surface area (Å²) in [5.74, 6) is -2.09. The average Bonchev–Trinajstić information content (AvgIpc) is 3.16. The Hall–Kier alpha value is -3.89. The first-order valence-corrected chi connectivity index (χ1v) is 8.55. The predicted octanol–water partition coefficient (Wildman–Crippen LogP) is 3.65. The summed E-state index contributed by atoms with van der Waals surface area (Å²) in [6, 6.07) is 13.9. The molecule has 1 heterocycles. The van der Waals surface area contributed by atoms with Gasteiger partial charge in [-0.15, -0.1) is 0 Å². The zero-order chi connectivity index (χ0) is 21.0. The van der Waals surface area contributed by atoms with Crippen LogP contribution in [0.4, 0.5) is 10.1 Å². The molecule has 3 aromatic rings. The van der Waals surface area contributed by atoms with Crippen molar-refractivity contribution in [3.8, 4) is 17.4 Å². The molecule has 2 aromatic carbocycles. The van der Waals surface area contributed by atoms with Crippen molar-refractivity contribution in [2.24, 2.45) is 0 Å². The molecule has 0 aliphatic heterocycles. The van der Waals surface area contributed by atoms with Gasteiger partial charge in [0.05, 0.1) is 11.0 Å². The summed E-state index contributed by atoms with van der Waals surface area (Å²) in [4.78, 5) is 23.3. The van der Waals surface area contributed by atoms with Crippen molar-refractivity contribution in [1.82, 2.24) is 0 Å². The van der Waals surface area contributed by atoms with E-state index in [1.54, 1.807) is 6.07 Å². The Morgan fingerprint density at radius 1 is 1.14 bits per heavy atom. The lowest BCUT2D eigenvalue weighted by atomic mass is 10.1. The van der Waals surface area contributed by atoms with E-state index in [4.69, 9.17) is 16.0 Å². The van der Waals surface area contributed by atoms with Gasteiger partial charge in [-0.1, -0.05) is 17.7 Å². The number of rotatable bonds is 5. The van der Waals surface area contributed by atoms with E-state index in [1.807, 2.05) is 0 Å². The quantitative estimate of drug-likeness (QED) is 0.511. The Bertz CT molecular complexity index is 1160. The molecule has 29 heavy (non-hydrogen) atoms. The van der Waals surface area contributed by atoms with Gasteiger partial charge in [-0.2, -0.15) is 5.26 Å². The normalized spacial score (nSPS) is 11.0. The molecule has 1 amide bonds. The Balaban J connectivity index is 1.85. The number of hydrogen-bond donors (Lipinski definition) is 1. The van der Waals surface area contributed by atoms with Gasteiger partial charge in [0.25, 0.3) is 5.91 Å². The number of aromatic carboxylic acids is 1. The number of hydrogen-bond acceptors (Lipinski definition) is 5. The van der Waals surface area contributed by atoms with Crippen molar-refractivity contribution >= 4 is 35.2 Å². The fourth-order valence-electron chi connectivity index (χ4n) is 2.44. The molecule has 0 saturated carbocycles. The third kappa shape index (κ3) is 4.69. The van der Waals surface area contributed by atoms with E-state index in [-0.39, 0.29) is 27.7 Å². The standard InChI is InChI=1S/C21H12ClFN2O4/c22-18-7-1-12(21(27)28)10-17(18)19-8-6-16(29-19)9-13(11-24)20(26)25-15-4-2-14(23)3-5-15/h1-10H,(H,25,26)(H,27,28)/p-1/b13-9+. The largest absolute Gasteiger partial charge is 0.545 e. The van der Waals surface area contributed by atoms with E-state index in [2.05, 4.69) is 5.32 Å². The Morgan fingerprint density at radius 2 is 1.86 bits per heavy atom. The van der Waals surface area contributed by atoms with Gasteiger partial charge in [-0.25, -0.2) is 4.39 Å². The topological polar surface area (TPSA) is 106 Å². The Labute approximate surface area is 169 Å². The maximum atomic E-state index is 12.9. The number of furan rings is 1. The minimum absolute atomic E-state index is 0.0747. The summed E-state index contributed by atoms with van der Waals surface area (Å²) in [5.41, 5.74) is 0.324. The number of carbonyl (C=O) groups excluding carboxylic acids is 2. The van der Waals surface area contributed by atoms with Gasteiger partial charge in [-0.3, -0.25) is 4.79 Å². The van der Waals surface area contributed by atoms with E-state index in [1.165, 1.54) is 60.7 Å². The highest BCUT2D eigenvalue weighted by Crippen LogP contribution is 2.31. The summed E-state index contributed by atoms with van der Waals surface area (Å²) >= 11 is 6.10. The molecule has 0 aliphatic carbocycles. The predicted molar refractivity (Wildman–Crippen MR) is 102 cm³/mol. The van der Waals surface area contributed by atoms with E-state index >= 15 is 0 Å². The number of benzene rings is 2. The third-order valence-corrected chi connectivity index (χ3v) is 4.18. The zero-order valence-corrected chi connectivity index (χ0v) is 15.4. The van der Waals surface area contributed by atoms with Crippen molar-refractivity contribution in [2.75, 3.05) is 5.32 Å². The van der Waals surface area contributed by atoms with Crippen LogP contribution in [0, 0.1) is 17.1 Å². The monoisotopic (exact) mass is 409 g/mol. The summed E-state index contributed by atoms with van der Waals surface area (Å²) in [6.07, 6.45) is 1.22. The van der Waals surface area contributed by atoms with Crippen molar-refractivity contribution in [1.29, 1.82) is 5.26 Å². The van der Waals surface area contributed by atoms with Crippen LogP contribution in [-0.2, 0) is 4.79 Å². The fraction of sp³-hybridized carbons (Fsp3) is 0. The SMILES string of the molecule is N#C/C(=C\c1ccc(-c2cc(C(=O)[O-])ccc2Cl)o1)C(=O)Nc1ccc(F)cc1. The summed E-state index contributed by atoms with van der Waals surface area (Å²) in [6.45, 7) is 0. The molecule has 0 unspecified atom stereocenters. The molecule has 0 saturated heterocycles. The lowest BCUT2D eigenvalue weighted by Crippen LogP contribution is -2.22. The van der Waals surface area contributed by atoms with Crippen LogP contribution in [-0.4, -0.2) is 11.9 Å². The first kappa shape index (κ1) is 19.9. The lowest BCUT2D eigenvalue weighted by molar-refractivity contribution is -0.255. The molecule has 8 heteroatoms. The van der Waals surface area contributed by atoms with E-state index in [0.29, 0.717) is 11.3 Å². The van der Waals surface area contributed by atoms with Crippen LogP contribution in [0.15, 0.2) is 64.6 Å². The van der Waals surface area contributed by atoms with Crippen LogP contribution in [0.2, 0.25) is 5.02 Å². The van der Waals surface area contributed by atoms with Crippen molar-refractivity contribution in [2.45, 2.75) is 0 Å². The van der Waals surface area contributed by atoms with Gasteiger partial charge in [0.1, 0.15) is 29.0 Å². The molecule has 0 atom stereocenters. The maximum absolute atomic E-state index is 12.9. The second-order valence-corrected chi connectivity index (χ2v) is 6.22. The number of carboxylic acids is 1. The zero-order valence-electron chi connectivity index (χ0n) is 14.6. The van der Waals surface area contributed by atoms with Gasteiger partial charge in [0.2, 0.25) is 0 Å². The number of carbonyl (C=O) groups is 2. The van der Waals surface area contributed by atoms with Gasteiger partial charge in [0.15, 0.2) is 0 Å². The molecule has 1 aromatic heterocycles. The van der Waals surface area contributed by atoms with Crippen molar-refractivity contribution in [3.05, 3.63) is 82.3 Å². The first-order valence-electron chi connectivity index (χ1n) is 8.17. The molecule has 0 aliphatic rings. The summed E-state index contributed by atoms with van der Waals surface area (Å²) < 4.78 is 18.5. The number of nitrogens with zero attached hydrogens (tertiary/aromatic N) is 1. The third-order valence-electron chi connectivity index (χ3n) is 3.85. The van der Waals surface area contributed by atoms with E-state index in [9.17, 15) is 24.3 Å². The van der Waals surface area contributed by atoms with Gasteiger partial charge in [0, 0.05) is 17.3 Å². The number of carboxylic acid groups (broad SMARTS) is 1. The summed E-state index contributed by atoms with van der Waals surface area (Å²) in [7, 11) is 0. The van der Waals surface area contributed by atoms with Crippen LogP contribution >= 0.6 is 11.6 Å². The minimum atomic E-state index is -1.36. The molecule has 1 N–H and O–H groups in total. The minimum Gasteiger partial charge on any atom is -0.545 e. The molecule has 0 radical (unpaired) electrons. The lowest BCUT2D eigenvalue weighted by Gasteiger charge is -2.06. The second-order valence-electron chi connectivity index (χ2n) is 5.81. The maximum Gasteiger partial charge on any atom is 0.266 e. The highest BCUT2D eigenvalue weighted by atomic mass is 35.5. The number of amides is 1. The Morgan fingerprint density at radius 3 is 2.52 bits per heavy atom. The van der Waals surface area contributed by atoms with Gasteiger partial charge < -0.3 is 19.6 Å². The smallest absolute Gasteiger partial charge is 0.266 e. The van der Waals surface area contributed by atoms with Crippen molar-refractivity contribution < 1.29 is 23.5 Å². The van der Waals surface area contributed by atoms with Gasteiger partial charge in [-0.05, 0) is 54.1 Å². The van der Waals surface area contributed by atoms with Crippen LogP contribution in [0.25, 0.3) is 17.4 Å². The second kappa shape index (κ2) is 8.42. The molecule has 0 bridgehead atoms. The Kier molecular flexibility index (Phi) is 5.77. The van der Waals surface area contributed by atoms with E-state index < -0.39 is 17.7 Å². The van der Waals surface area contributed by atoms with Crippen LogP contribution < -0.4 is 10.4 Å². The number of nitriles is 1. The molecule has 0 fully saturated rings. The molecule has 3 rings (SSSR count). The first-order chi connectivity index (χ1) is 13.9. The number of halogens is 2. The van der Waals surface area contributed by atoms with Gasteiger partial charge >= 0.3 is 0 Å². The fourth-order valence-corrected chi connectivity index (χ4v) is 2.65. The summed E-state index contributed by atoms with van der Waals surface area (Å²) in [5, 5.41) is 23.0. The molecular formula is C21H11ClFN2O4-. The van der Waals surface area contributed by atoms with Crippen LogP contribution in [0.5, 0.6) is 0 Å².